The Balaban J connectivity index is 1.29. The lowest BCUT2D eigenvalue weighted by molar-refractivity contribution is 0.0862. The van der Waals surface area contributed by atoms with E-state index in [0.29, 0.717) is 21.0 Å². The van der Waals surface area contributed by atoms with Gasteiger partial charge in [-0.1, -0.05) is 30.5 Å². The number of phenolic OH excluding ortho intramolecular Hbond substituents is 1. The number of benzene rings is 2. The maximum atomic E-state index is 13.1. The first kappa shape index (κ1) is 23.1. The highest BCUT2D eigenvalue weighted by Gasteiger charge is 2.30. The first-order chi connectivity index (χ1) is 16.4. The van der Waals surface area contributed by atoms with Crippen molar-refractivity contribution >= 4 is 45.5 Å². The molecular weight excluding hydrogens is 472 g/mol. The fourth-order valence-electron chi connectivity index (χ4n) is 4.82. The summed E-state index contributed by atoms with van der Waals surface area (Å²) in [6, 6.07) is 8.04. The van der Waals surface area contributed by atoms with E-state index in [0.717, 1.165) is 61.2 Å². The summed E-state index contributed by atoms with van der Waals surface area (Å²) < 4.78 is 0. The number of phenols is 1. The quantitative estimate of drug-likeness (QED) is 0.503. The van der Waals surface area contributed by atoms with Crippen LogP contribution in [0.15, 0.2) is 30.3 Å². The second kappa shape index (κ2) is 9.52. The van der Waals surface area contributed by atoms with Gasteiger partial charge in [0, 0.05) is 52.4 Å². The average Bonchev–Trinajstić information content (AvgIpc) is 3.24. The Morgan fingerprint density at radius 3 is 2.62 bits per heavy atom. The largest absolute Gasteiger partial charge is 0.507 e. The summed E-state index contributed by atoms with van der Waals surface area (Å²) in [7, 11) is 2.07. The highest BCUT2D eigenvalue weighted by molar-refractivity contribution is 7.13. The van der Waals surface area contributed by atoms with Gasteiger partial charge in [-0.05, 0) is 49.5 Å². The van der Waals surface area contributed by atoms with Gasteiger partial charge in [-0.15, -0.1) is 11.3 Å². The van der Waals surface area contributed by atoms with Crippen LogP contribution in [0.4, 0.5) is 0 Å². The number of carbonyl (C=O) groups is 2. The van der Waals surface area contributed by atoms with Crippen LogP contribution in [0.25, 0.3) is 10.8 Å². The van der Waals surface area contributed by atoms with Gasteiger partial charge < -0.3 is 20.6 Å². The number of aromatic nitrogens is 1. The lowest BCUT2D eigenvalue weighted by Crippen LogP contribution is -2.53. The van der Waals surface area contributed by atoms with E-state index in [1.54, 1.807) is 24.3 Å². The molecule has 3 N–H and O–H groups in total. The van der Waals surface area contributed by atoms with Crippen molar-refractivity contribution in [3.05, 3.63) is 56.5 Å². The van der Waals surface area contributed by atoms with Gasteiger partial charge in [-0.2, -0.15) is 0 Å². The molecule has 1 aliphatic carbocycles. The molecule has 0 saturated heterocycles. The van der Waals surface area contributed by atoms with Crippen molar-refractivity contribution in [3.8, 4) is 5.75 Å². The van der Waals surface area contributed by atoms with Gasteiger partial charge in [0.05, 0.1) is 5.69 Å². The normalized spacial score (nSPS) is 20.6. The summed E-state index contributed by atoms with van der Waals surface area (Å²) in [6.07, 6.45) is 4.42. The molecule has 1 fully saturated rings. The monoisotopic (exact) mass is 498 g/mol. The molecule has 0 bridgehead atoms. The fraction of sp³-hybridized carbons (Fsp3) is 0.400. The number of amides is 2. The Bertz CT molecular complexity index is 1260. The third-order valence-electron chi connectivity index (χ3n) is 6.67. The molecule has 2 aliphatic rings. The molecule has 0 radical (unpaired) electrons. The molecule has 9 heteroatoms. The number of hydrogen-bond donors (Lipinski definition) is 3. The third-order valence-corrected chi connectivity index (χ3v) is 7.99. The lowest BCUT2D eigenvalue weighted by Gasteiger charge is -2.32. The van der Waals surface area contributed by atoms with E-state index in [4.69, 9.17) is 11.6 Å². The van der Waals surface area contributed by atoms with Gasteiger partial charge in [-0.25, -0.2) is 4.98 Å². The predicted octanol–water partition coefficient (Wildman–Crippen LogP) is 4.11. The van der Waals surface area contributed by atoms with Gasteiger partial charge in [-0.3, -0.25) is 9.59 Å². The molecule has 178 valence electrons. The van der Waals surface area contributed by atoms with Crippen molar-refractivity contribution in [2.75, 3.05) is 13.6 Å². The summed E-state index contributed by atoms with van der Waals surface area (Å²) in [5, 5.41) is 19.0. The van der Waals surface area contributed by atoms with Crippen LogP contribution in [0.5, 0.6) is 5.75 Å². The van der Waals surface area contributed by atoms with E-state index in [-0.39, 0.29) is 29.6 Å². The number of nitrogens with zero attached hydrogens (tertiary/aromatic N) is 2. The van der Waals surface area contributed by atoms with Gasteiger partial charge >= 0.3 is 0 Å². The van der Waals surface area contributed by atoms with Gasteiger partial charge in [0.25, 0.3) is 11.8 Å². The summed E-state index contributed by atoms with van der Waals surface area (Å²) >= 11 is 7.49. The van der Waals surface area contributed by atoms with Crippen LogP contribution in [0, 0.1) is 0 Å². The Labute approximate surface area is 207 Å². The minimum atomic E-state index is -0.272. The second-order valence-corrected chi connectivity index (χ2v) is 10.7. The minimum Gasteiger partial charge on any atom is -0.507 e. The maximum Gasteiger partial charge on any atom is 0.280 e. The first-order valence-electron chi connectivity index (χ1n) is 11.6. The van der Waals surface area contributed by atoms with Crippen LogP contribution in [-0.2, 0) is 13.0 Å². The Hall–Kier alpha value is -2.68. The van der Waals surface area contributed by atoms with E-state index in [9.17, 15) is 14.7 Å². The second-order valence-electron chi connectivity index (χ2n) is 9.18. The number of hydrogen-bond acceptors (Lipinski definition) is 6. The highest BCUT2D eigenvalue weighted by atomic mass is 35.5. The zero-order chi connectivity index (χ0) is 23.8. The van der Waals surface area contributed by atoms with Crippen LogP contribution in [0.1, 0.15) is 56.4 Å². The SMILES string of the molecule is CN1CCc2nc(C(=O)N[C@@H]3CCCC[C@@H]3NC(=O)c3cc(O)c4cc(Cl)ccc4c3)sc2C1. The molecular formula is C25H27ClN4O3S. The summed E-state index contributed by atoms with van der Waals surface area (Å²) in [6.45, 7) is 1.78. The Morgan fingerprint density at radius 2 is 1.85 bits per heavy atom. The highest BCUT2D eigenvalue weighted by Crippen LogP contribution is 2.30. The van der Waals surface area contributed by atoms with Crippen molar-refractivity contribution in [1.29, 1.82) is 0 Å². The number of rotatable bonds is 4. The van der Waals surface area contributed by atoms with E-state index in [2.05, 4.69) is 27.6 Å². The average molecular weight is 499 g/mol. The number of carbonyl (C=O) groups excluding carboxylic acids is 2. The molecule has 2 aromatic carbocycles. The van der Waals surface area contributed by atoms with E-state index >= 15 is 0 Å². The zero-order valence-electron chi connectivity index (χ0n) is 18.9. The Kier molecular flexibility index (Phi) is 6.46. The van der Waals surface area contributed by atoms with Crippen LogP contribution >= 0.6 is 22.9 Å². The van der Waals surface area contributed by atoms with E-state index in [1.165, 1.54) is 17.4 Å². The first-order valence-corrected chi connectivity index (χ1v) is 12.8. The van der Waals surface area contributed by atoms with Crippen molar-refractivity contribution in [2.45, 2.75) is 50.7 Å². The van der Waals surface area contributed by atoms with Crippen molar-refractivity contribution in [2.24, 2.45) is 0 Å². The van der Waals surface area contributed by atoms with Crippen molar-refractivity contribution in [3.63, 3.8) is 0 Å². The minimum absolute atomic E-state index is 0.0111. The van der Waals surface area contributed by atoms with Gasteiger partial charge in [0.15, 0.2) is 5.01 Å². The molecule has 1 aliphatic heterocycles. The van der Waals surface area contributed by atoms with Crippen LogP contribution < -0.4 is 10.6 Å². The predicted molar refractivity (Wildman–Crippen MR) is 134 cm³/mol. The van der Waals surface area contributed by atoms with Crippen LogP contribution in [0.2, 0.25) is 5.02 Å². The maximum absolute atomic E-state index is 13.1. The molecule has 5 rings (SSSR count). The smallest absolute Gasteiger partial charge is 0.280 e. The fourth-order valence-corrected chi connectivity index (χ4v) is 6.08. The molecule has 1 saturated carbocycles. The number of aromatic hydroxyl groups is 1. The summed E-state index contributed by atoms with van der Waals surface area (Å²) in [5.74, 6) is -0.434. The molecule has 0 spiro atoms. The van der Waals surface area contributed by atoms with E-state index in [1.807, 2.05) is 0 Å². The third kappa shape index (κ3) is 4.76. The molecule has 34 heavy (non-hydrogen) atoms. The van der Waals surface area contributed by atoms with E-state index < -0.39 is 0 Å². The van der Waals surface area contributed by atoms with Crippen LogP contribution in [-0.4, -0.2) is 52.5 Å². The standard InChI is InChI=1S/C25H27ClN4O3S/c1-30-9-8-20-22(13-30)34-25(29-20)24(33)28-19-5-3-2-4-18(19)27-23(32)15-10-14-6-7-16(26)12-17(14)21(31)11-15/h6-7,10-12,18-19,31H,2-5,8-9,13H2,1H3,(H,27,32)(H,28,33)/t18-,19+/m0/s1. The molecule has 3 aromatic rings. The zero-order valence-corrected chi connectivity index (χ0v) is 20.5. The number of halogens is 1. The van der Waals surface area contributed by atoms with Crippen LogP contribution in [0.3, 0.4) is 0 Å². The summed E-state index contributed by atoms with van der Waals surface area (Å²) in [4.78, 5) is 34.0. The topological polar surface area (TPSA) is 94.6 Å². The molecule has 1 aromatic heterocycles. The van der Waals surface area contributed by atoms with Gasteiger partial charge in [0.2, 0.25) is 0 Å². The number of fused-ring (bicyclic) bond motifs is 2. The number of thiazole rings is 1. The molecule has 2 amide bonds. The lowest BCUT2D eigenvalue weighted by atomic mass is 9.90. The van der Waals surface area contributed by atoms with Gasteiger partial charge in [0.1, 0.15) is 5.75 Å². The van der Waals surface area contributed by atoms with Crippen molar-refractivity contribution in [1.82, 2.24) is 20.5 Å². The van der Waals surface area contributed by atoms with Crippen molar-refractivity contribution < 1.29 is 14.7 Å². The molecule has 2 atom stereocenters. The molecule has 0 unspecified atom stereocenters. The number of likely N-dealkylation sites (N-methyl/N-ethyl adjacent to an activating group) is 1. The Morgan fingerprint density at radius 1 is 1.12 bits per heavy atom. The molecule has 7 nitrogen and oxygen atoms in total. The molecule has 2 heterocycles. The number of nitrogens with one attached hydrogen (secondary N) is 2. The summed E-state index contributed by atoms with van der Waals surface area (Å²) in [5.41, 5.74) is 1.40.